The molecule has 0 amide bonds. The van der Waals surface area contributed by atoms with E-state index >= 15 is 0 Å². The lowest BCUT2D eigenvalue weighted by molar-refractivity contribution is -0.119. The predicted molar refractivity (Wildman–Crippen MR) is 61.1 cm³/mol. The summed E-state index contributed by atoms with van der Waals surface area (Å²) in [6, 6.07) is 0.181. The molecule has 5 heteroatoms. The van der Waals surface area contributed by atoms with Gasteiger partial charge < -0.3 is 14.8 Å². The van der Waals surface area contributed by atoms with Gasteiger partial charge in [0, 0.05) is 38.8 Å². The van der Waals surface area contributed by atoms with Gasteiger partial charge >= 0.3 is 0 Å². The van der Waals surface area contributed by atoms with E-state index in [2.05, 4.69) is 10.3 Å². The molecule has 86 valence electrons. The van der Waals surface area contributed by atoms with E-state index in [1.54, 1.807) is 25.6 Å². The highest BCUT2D eigenvalue weighted by molar-refractivity contribution is 7.09. The maximum atomic E-state index is 5.15. The van der Waals surface area contributed by atoms with Gasteiger partial charge in [-0.25, -0.2) is 4.98 Å². The second kappa shape index (κ2) is 6.90. The second-order valence-electron chi connectivity index (χ2n) is 3.26. The minimum Gasteiger partial charge on any atom is -0.354 e. The second-order valence-corrected chi connectivity index (χ2v) is 4.24. The monoisotopic (exact) mass is 230 g/mol. The molecule has 0 aromatic carbocycles. The zero-order valence-electron chi connectivity index (χ0n) is 9.40. The van der Waals surface area contributed by atoms with Gasteiger partial charge in [0.15, 0.2) is 6.29 Å². The van der Waals surface area contributed by atoms with E-state index in [4.69, 9.17) is 9.47 Å². The third kappa shape index (κ3) is 4.25. The zero-order chi connectivity index (χ0) is 11.1. The average molecular weight is 230 g/mol. The molecule has 0 aliphatic carbocycles. The minimum atomic E-state index is -0.193. The topological polar surface area (TPSA) is 43.4 Å². The highest BCUT2D eigenvalue weighted by atomic mass is 32.1. The van der Waals surface area contributed by atoms with Gasteiger partial charge in [0.05, 0.1) is 11.0 Å². The van der Waals surface area contributed by atoms with Gasteiger partial charge in [-0.2, -0.15) is 0 Å². The number of hydrogen-bond donors (Lipinski definition) is 1. The molecule has 1 aromatic heterocycles. The lowest BCUT2D eigenvalue weighted by atomic mass is 10.3. The van der Waals surface area contributed by atoms with E-state index < -0.39 is 0 Å². The van der Waals surface area contributed by atoms with Gasteiger partial charge in [-0.05, 0) is 6.92 Å². The number of thiazole rings is 1. The van der Waals surface area contributed by atoms with E-state index in [0.717, 1.165) is 18.0 Å². The van der Waals surface area contributed by atoms with Crippen LogP contribution in [-0.2, 0) is 15.9 Å². The first-order chi connectivity index (χ1) is 7.27. The number of methoxy groups -OCH3 is 2. The Labute approximate surface area is 94.6 Å². The molecule has 0 radical (unpaired) electrons. The Morgan fingerprint density at radius 3 is 2.73 bits per heavy atom. The van der Waals surface area contributed by atoms with Crippen LogP contribution in [0.4, 0.5) is 0 Å². The highest BCUT2D eigenvalue weighted by Gasteiger charge is 2.14. The Morgan fingerprint density at radius 1 is 1.47 bits per heavy atom. The first-order valence-electron chi connectivity index (χ1n) is 4.95. The van der Waals surface area contributed by atoms with Crippen molar-refractivity contribution in [3.05, 3.63) is 16.6 Å². The van der Waals surface area contributed by atoms with E-state index in [1.165, 1.54) is 0 Å². The highest BCUT2D eigenvalue weighted by Crippen LogP contribution is 2.04. The Hall–Kier alpha value is -0.490. The summed E-state index contributed by atoms with van der Waals surface area (Å²) in [4.78, 5) is 4.21. The number of rotatable bonds is 7. The molecule has 1 unspecified atom stereocenters. The standard InChI is InChI=1S/C10H18N2O2S/c1-8(10(13-2)14-3)11-5-4-9-12-6-7-15-9/h6-8,10-11H,4-5H2,1-3H3. The molecule has 0 saturated heterocycles. The molecule has 0 aliphatic heterocycles. The van der Waals surface area contributed by atoms with Gasteiger partial charge in [-0.3, -0.25) is 0 Å². The minimum absolute atomic E-state index is 0.181. The van der Waals surface area contributed by atoms with Crippen LogP contribution in [-0.4, -0.2) is 38.1 Å². The van der Waals surface area contributed by atoms with E-state index in [1.807, 2.05) is 18.5 Å². The summed E-state index contributed by atoms with van der Waals surface area (Å²) in [6.07, 6.45) is 2.58. The lowest BCUT2D eigenvalue weighted by Crippen LogP contribution is -2.40. The van der Waals surface area contributed by atoms with Crippen molar-refractivity contribution in [2.75, 3.05) is 20.8 Å². The van der Waals surface area contributed by atoms with Crippen molar-refractivity contribution in [2.45, 2.75) is 25.7 Å². The fourth-order valence-corrected chi connectivity index (χ4v) is 2.00. The number of hydrogen-bond acceptors (Lipinski definition) is 5. The summed E-state index contributed by atoms with van der Waals surface area (Å²) in [5, 5.41) is 6.49. The summed E-state index contributed by atoms with van der Waals surface area (Å²) in [5.74, 6) is 0. The quantitative estimate of drug-likeness (QED) is 0.717. The molecule has 4 nitrogen and oxygen atoms in total. The van der Waals surface area contributed by atoms with Crippen molar-refractivity contribution >= 4 is 11.3 Å². The Bertz CT molecular complexity index is 250. The van der Waals surface area contributed by atoms with E-state index in [9.17, 15) is 0 Å². The van der Waals surface area contributed by atoms with Crippen molar-refractivity contribution in [3.63, 3.8) is 0 Å². The van der Waals surface area contributed by atoms with Crippen molar-refractivity contribution in [1.29, 1.82) is 0 Å². The fourth-order valence-electron chi connectivity index (χ4n) is 1.38. The molecule has 1 atom stereocenters. The third-order valence-electron chi connectivity index (χ3n) is 2.16. The Morgan fingerprint density at radius 2 is 2.20 bits per heavy atom. The molecule has 0 bridgehead atoms. The van der Waals surface area contributed by atoms with Crippen LogP contribution in [0, 0.1) is 0 Å². The van der Waals surface area contributed by atoms with Gasteiger partial charge in [-0.15, -0.1) is 11.3 Å². The number of ether oxygens (including phenoxy) is 2. The van der Waals surface area contributed by atoms with Crippen LogP contribution in [0.2, 0.25) is 0 Å². The smallest absolute Gasteiger partial charge is 0.171 e. The molecule has 1 rings (SSSR count). The van der Waals surface area contributed by atoms with Crippen LogP contribution in [0.25, 0.3) is 0 Å². The number of aromatic nitrogens is 1. The molecule has 0 spiro atoms. The third-order valence-corrected chi connectivity index (χ3v) is 3.00. The normalized spacial score (nSPS) is 13.3. The molecular formula is C10H18N2O2S. The van der Waals surface area contributed by atoms with Gasteiger partial charge in [-0.1, -0.05) is 0 Å². The maximum absolute atomic E-state index is 5.15. The Balaban J connectivity index is 2.19. The van der Waals surface area contributed by atoms with Crippen LogP contribution >= 0.6 is 11.3 Å². The zero-order valence-corrected chi connectivity index (χ0v) is 10.2. The van der Waals surface area contributed by atoms with Gasteiger partial charge in [0.25, 0.3) is 0 Å². The van der Waals surface area contributed by atoms with Crippen molar-refractivity contribution in [1.82, 2.24) is 10.3 Å². The number of nitrogens with one attached hydrogen (secondary N) is 1. The summed E-state index contributed by atoms with van der Waals surface area (Å²) >= 11 is 1.68. The van der Waals surface area contributed by atoms with E-state index in [-0.39, 0.29) is 12.3 Å². The van der Waals surface area contributed by atoms with Crippen LogP contribution in [0.1, 0.15) is 11.9 Å². The van der Waals surface area contributed by atoms with Crippen molar-refractivity contribution < 1.29 is 9.47 Å². The van der Waals surface area contributed by atoms with Crippen molar-refractivity contribution in [3.8, 4) is 0 Å². The molecule has 1 aromatic rings. The summed E-state index contributed by atoms with van der Waals surface area (Å²) in [5.41, 5.74) is 0. The fraction of sp³-hybridized carbons (Fsp3) is 0.700. The van der Waals surface area contributed by atoms with E-state index in [0.29, 0.717) is 0 Å². The first kappa shape index (κ1) is 12.6. The molecular weight excluding hydrogens is 212 g/mol. The summed E-state index contributed by atoms with van der Waals surface area (Å²) < 4.78 is 10.3. The van der Waals surface area contributed by atoms with Gasteiger partial charge in [0.1, 0.15) is 0 Å². The van der Waals surface area contributed by atoms with Crippen molar-refractivity contribution in [2.24, 2.45) is 0 Å². The summed E-state index contributed by atoms with van der Waals surface area (Å²) in [6.45, 7) is 2.93. The molecule has 0 saturated carbocycles. The van der Waals surface area contributed by atoms with Crippen LogP contribution < -0.4 is 5.32 Å². The van der Waals surface area contributed by atoms with Crippen LogP contribution in [0.3, 0.4) is 0 Å². The van der Waals surface area contributed by atoms with Crippen LogP contribution in [0.5, 0.6) is 0 Å². The maximum Gasteiger partial charge on any atom is 0.171 e. The summed E-state index contributed by atoms with van der Waals surface area (Å²) in [7, 11) is 3.29. The molecule has 1 N–H and O–H groups in total. The largest absolute Gasteiger partial charge is 0.354 e. The first-order valence-corrected chi connectivity index (χ1v) is 5.83. The Kier molecular flexibility index (Phi) is 5.78. The number of nitrogens with zero attached hydrogens (tertiary/aromatic N) is 1. The SMILES string of the molecule is COC(OC)C(C)NCCc1nccs1. The molecule has 1 heterocycles. The van der Waals surface area contributed by atoms with Crippen LogP contribution in [0.15, 0.2) is 11.6 Å². The average Bonchev–Trinajstić information content (AvgIpc) is 2.72. The lowest BCUT2D eigenvalue weighted by Gasteiger charge is -2.21. The van der Waals surface area contributed by atoms with Gasteiger partial charge in [0.2, 0.25) is 0 Å². The predicted octanol–water partition coefficient (Wildman–Crippen LogP) is 1.28. The molecule has 0 aliphatic rings. The molecule has 0 fully saturated rings. The molecule has 15 heavy (non-hydrogen) atoms.